The number of nitrogens with zero attached hydrogens (tertiary/aromatic N) is 1. The summed E-state index contributed by atoms with van der Waals surface area (Å²) in [7, 11) is 0. The number of benzene rings is 1. The van der Waals surface area contributed by atoms with Crippen molar-refractivity contribution in [3.05, 3.63) is 41.6 Å². The highest BCUT2D eigenvalue weighted by Crippen LogP contribution is 2.15. The zero-order valence-electron chi connectivity index (χ0n) is 11.1. The van der Waals surface area contributed by atoms with Crippen LogP contribution in [0, 0.1) is 6.92 Å². The van der Waals surface area contributed by atoms with Gasteiger partial charge in [0.05, 0.1) is 12.8 Å². The van der Waals surface area contributed by atoms with Gasteiger partial charge >= 0.3 is 0 Å². The molecule has 0 spiro atoms. The number of carbonyl (C=O) groups is 1. The largest absolute Gasteiger partial charge is 0.494 e. The van der Waals surface area contributed by atoms with Crippen LogP contribution in [-0.4, -0.2) is 22.7 Å². The fourth-order valence-electron chi connectivity index (χ4n) is 1.58. The van der Waals surface area contributed by atoms with Gasteiger partial charge in [0.25, 0.3) is 5.91 Å². The third-order valence-corrected chi connectivity index (χ3v) is 2.66. The maximum absolute atomic E-state index is 12.0. The lowest BCUT2D eigenvalue weighted by Gasteiger charge is -2.06. The Morgan fingerprint density at radius 1 is 1.37 bits per heavy atom. The van der Waals surface area contributed by atoms with Crippen LogP contribution >= 0.6 is 0 Å². The van der Waals surface area contributed by atoms with Crippen LogP contribution in [0.3, 0.4) is 0 Å². The Morgan fingerprint density at radius 2 is 2.11 bits per heavy atom. The lowest BCUT2D eigenvalue weighted by Crippen LogP contribution is -2.12. The van der Waals surface area contributed by atoms with E-state index < -0.39 is 0 Å². The Morgan fingerprint density at radius 3 is 2.68 bits per heavy atom. The van der Waals surface area contributed by atoms with Gasteiger partial charge in [0.2, 0.25) is 0 Å². The van der Waals surface area contributed by atoms with Crippen molar-refractivity contribution in [3.8, 4) is 5.75 Å². The molecule has 0 unspecified atom stereocenters. The number of H-pyrrole nitrogens is 1. The molecule has 0 saturated carbocycles. The molecule has 0 bridgehead atoms. The van der Waals surface area contributed by atoms with E-state index in [0.717, 1.165) is 17.7 Å². The van der Waals surface area contributed by atoms with Crippen LogP contribution in [0.15, 0.2) is 30.5 Å². The van der Waals surface area contributed by atoms with E-state index in [1.54, 1.807) is 30.5 Å². The summed E-state index contributed by atoms with van der Waals surface area (Å²) in [6, 6.07) is 7.08. The second kappa shape index (κ2) is 6.04. The van der Waals surface area contributed by atoms with Crippen molar-refractivity contribution >= 4 is 11.7 Å². The molecule has 0 aliphatic rings. The van der Waals surface area contributed by atoms with Crippen LogP contribution in [0.25, 0.3) is 0 Å². The fourth-order valence-corrected chi connectivity index (χ4v) is 1.58. The lowest BCUT2D eigenvalue weighted by molar-refractivity contribution is 0.102. The summed E-state index contributed by atoms with van der Waals surface area (Å²) in [5, 5.41) is 9.37. The quantitative estimate of drug-likeness (QED) is 0.867. The van der Waals surface area contributed by atoms with E-state index in [0.29, 0.717) is 18.0 Å². The third-order valence-electron chi connectivity index (χ3n) is 2.66. The summed E-state index contributed by atoms with van der Waals surface area (Å²) in [4.78, 5) is 12.0. The van der Waals surface area contributed by atoms with Crippen LogP contribution < -0.4 is 10.1 Å². The number of carbonyl (C=O) groups excluding carboxylic acids is 1. The molecule has 2 N–H and O–H groups in total. The van der Waals surface area contributed by atoms with Gasteiger partial charge < -0.3 is 10.1 Å². The van der Waals surface area contributed by atoms with Crippen molar-refractivity contribution in [1.82, 2.24) is 10.2 Å². The van der Waals surface area contributed by atoms with E-state index in [-0.39, 0.29) is 5.91 Å². The number of aromatic nitrogens is 2. The number of rotatable bonds is 5. The van der Waals surface area contributed by atoms with Gasteiger partial charge in [-0.2, -0.15) is 5.10 Å². The molecule has 100 valence electrons. The van der Waals surface area contributed by atoms with Crippen molar-refractivity contribution in [3.63, 3.8) is 0 Å². The van der Waals surface area contributed by atoms with Crippen LogP contribution in [0.2, 0.25) is 0 Å². The Bertz CT molecular complexity index is 546. The summed E-state index contributed by atoms with van der Waals surface area (Å²) >= 11 is 0. The minimum absolute atomic E-state index is 0.172. The number of ether oxygens (including phenoxy) is 1. The van der Waals surface area contributed by atoms with Gasteiger partial charge in [-0.25, -0.2) is 0 Å². The average molecular weight is 259 g/mol. The summed E-state index contributed by atoms with van der Waals surface area (Å²) in [6.45, 7) is 4.61. The standard InChI is InChI=1S/C14H17N3O2/c1-3-8-19-12-6-4-11(5-7-12)14(18)16-13-10(2)9-15-17-13/h4-7,9H,3,8H2,1-2H3,(H2,15,16,17,18). The number of nitrogens with one attached hydrogen (secondary N) is 2. The molecule has 5 heteroatoms. The number of aryl methyl sites for hydroxylation is 1. The smallest absolute Gasteiger partial charge is 0.256 e. The molecule has 1 aromatic heterocycles. The van der Waals surface area contributed by atoms with Crippen molar-refractivity contribution in [2.45, 2.75) is 20.3 Å². The van der Waals surface area contributed by atoms with Gasteiger partial charge in [-0.15, -0.1) is 0 Å². The molecular weight excluding hydrogens is 242 g/mol. The normalized spacial score (nSPS) is 10.2. The topological polar surface area (TPSA) is 67.0 Å². The van der Waals surface area contributed by atoms with Gasteiger partial charge in [0, 0.05) is 11.1 Å². The first-order chi connectivity index (χ1) is 9.20. The number of hydrogen-bond acceptors (Lipinski definition) is 3. The van der Waals surface area contributed by atoms with Gasteiger partial charge in [-0.05, 0) is 37.6 Å². The van der Waals surface area contributed by atoms with Crippen LogP contribution in [0.5, 0.6) is 5.75 Å². The summed E-state index contributed by atoms with van der Waals surface area (Å²) < 4.78 is 5.47. The number of anilines is 1. The molecular formula is C14H17N3O2. The van der Waals surface area contributed by atoms with E-state index in [2.05, 4.69) is 22.4 Å². The first-order valence-electron chi connectivity index (χ1n) is 6.25. The molecule has 0 aliphatic heterocycles. The maximum atomic E-state index is 12.0. The van der Waals surface area contributed by atoms with Gasteiger partial charge in [-0.1, -0.05) is 6.92 Å². The molecule has 5 nitrogen and oxygen atoms in total. The molecule has 19 heavy (non-hydrogen) atoms. The number of hydrogen-bond donors (Lipinski definition) is 2. The predicted molar refractivity (Wildman–Crippen MR) is 73.5 cm³/mol. The van der Waals surface area contributed by atoms with Crippen molar-refractivity contribution in [2.24, 2.45) is 0 Å². The van der Waals surface area contributed by atoms with Crippen molar-refractivity contribution in [2.75, 3.05) is 11.9 Å². The highest BCUT2D eigenvalue weighted by molar-refractivity contribution is 6.04. The SMILES string of the molecule is CCCOc1ccc(C(=O)Nc2[nH]ncc2C)cc1. The molecule has 1 amide bonds. The van der Waals surface area contributed by atoms with Gasteiger partial charge in [0.1, 0.15) is 11.6 Å². The zero-order valence-corrected chi connectivity index (χ0v) is 11.1. The van der Waals surface area contributed by atoms with Crippen LogP contribution in [-0.2, 0) is 0 Å². The molecule has 0 radical (unpaired) electrons. The summed E-state index contributed by atoms with van der Waals surface area (Å²) in [5.74, 6) is 1.22. The minimum Gasteiger partial charge on any atom is -0.494 e. The monoisotopic (exact) mass is 259 g/mol. The Hall–Kier alpha value is -2.30. The predicted octanol–water partition coefficient (Wildman–Crippen LogP) is 2.76. The number of aromatic amines is 1. The molecule has 0 saturated heterocycles. The molecule has 1 heterocycles. The first kappa shape index (κ1) is 13.1. The average Bonchev–Trinajstić information content (AvgIpc) is 2.82. The van der Waals surface area contributed by atoms with Crippen LogP contribution in [0.4, 0.5) is 5.82 Å². The molecule has 2 aromatic rings. The summed E-state index contributed by atoms with van der Waals surface area (Å²) in [5.41, 5.74) is 1.48. The Balaban J connectivity index is 2.01. The molecule has 0 fully saturated rings. The Labute approximate surface area is 112 Å². The van der Waals surface area contributed by atoms with E-state index in [9.17, 15) is 4.79 Å². The van der Waals surface area contributed by atoms with E-state index in [1.807, 2.05) is 6.92 Å². The highest BCUT2D eigenvalue weighted by Gasteiger charge is 2.08. The van der Waals surface area contributed by atoms with Crippen molar-refractivity contribution < 1.29 is 9.53 Å². The Kier molecular flexibility index (Phi) is 4.18. The minimum atomic E-state index is -0.172. The van der Waals surface area contributed by atoms with Gasteiger partial charge in [0.15, 0.2) is 0 Å². The van der Waals surface area contributed by atoms with E-state index in [1.165, 1.54) is 0 Å². The molecule has 1 aromatic carbocycles. The molecule has 0 aliphatic carbocycles. The van der Waals surface area contributed by atoms with Crippen LogP contribution in [0.1, 0.15) is 29.3 Å². The van der Waals surface area contributed by atoms with E-state index >= 15 is 0 Å². The molecule has 0 atom stereocenters. The third kappa shape index (κ3) is 3.34. The first-order valence-corrected chi connectivity index (χ1v) is 6.25. The highest BCUT2D eigenvalue weighted by atomic mass is 16.5. The second-order valence-corrected chi connectivity index (χ2v) is 4.25. The van der Waals surface area contributed by atoms with Gasteiger partial charge in [-0.3, -0.25) is 9.89 Å². The second-order valence-electron chi connectivity index (χ2n) is 4.25. The van der Waals surface area contributed by atoms with Crippen molar-refractivity contribution in [1.29, 1.82) is 0 Å². The van der Waals surface area contributed by atoms with E-state index in [4.69, 9.17) is 4.74 Å². The lowest BCUT2D eigenvalue weighted by atomic mass is 10.2. The fraction of sp³-hybridized carbons (Fsp3) is 0.286. The zero-order chi connectivity index (χ0) is 13.7. The molecule has 2 rings (SSSR count). The number of amides is 1. The maximum Gasteiger partial charge on any atom is 0.256 e. The summed E-state index contributed by atoms with van der Waals surface area (Å²) in [6.07, 6.45) is 2.62.